The molecule has 0 unspecified atom stereocenters. The van der Waals surface area contributed by atoms with Gasteiger partial charge in [-0.3, -0.25) is 38.6 Å². The minimum absolute atomic E-state index is 0.0205. The summed E-state index contributed by atoms with van der Waals surface area (Å²) in [5.74, 6) is -5.83. The van der Waals surface area contributed by atoms with E-state index in [0.717, 1.165) is 0 Å². The van der Waals surface area contributed by atoms with Crippen molar-refractivity contribution < 1.29 is 38.7 Å². The summed E-state index contributed by atoms with van der Waals surface area (Å²) in [4.78, 5) is 95.4. The number of nitrogens with zero attached hydrogens (tertiary/aromatic N) is 1. The lowest BCUT2D eigenvalue weighted by Crippen LogP contribution is -2.60. The highest BCUT2D eigenvalue weighted by Crippen LogP contribution is 2.09. The molecule has 7 amide bonds. The second kappa shape index (κ2) is 23.9. The van der Waals surface area contributed by atoms with Gasteiger partial charge in [0.25, 0.3) is 0 Å². The topological polar surface area (TPSA) is 328 Å². The maximum atomic E-state index is 14.0. The van der Waals surface area contributed by atoms with Crippen molar-refractivity contribution in [2.45, 2.75) is 55.9 Å². The number of primary amides is 1. The molecule has 3 aromatic carbocycles. The maximum Gasteiger partial charge on any atom is 0.245 e. The summed E-state index contributed by atoms with van der Waals surface area (Å²) in [7, 11) is 0. The minimum atomic E-state index is -1.61. The molecular formula is C39H51N11O8. The molecule has 3 aromatic rings. The van der Waals surface area contributed by atoms with Crippen molar-refractivity contribution in [2.24, 2.45) is 27.9 Å². The normalized spacial score (nSPS) is 13.2. The van der Waals surface area contributed by atoms with Crippen LogP contribution >= 0.6 is 0 Å². The van der Waals surface area contributed by atoms with Gasteiger partial charge in [-0.1, -0.05) is 91.0 Å². The number of guanidine groups is 1. The fourth-order valence-corrected chi connectivity index (χ4v) is 5.56. The van der Waals surface area contributed by atoms with Crippen LogP contribution < -0.4 is 54.8 Å². The molecule has 19 heteroatoms. The van der Waals surface area contributed by atoms with Gasteiger partial charge in [0, 0.05) is 25.8 Å². The number of carbonyl (C=O) groups excluding carboxylic acids is 7. The van der Waals surface area contributed by atoms with Crippen molar-refractivity contribution >= 4 is 47.3 Å². The summed E-state index contributed by atoms with van der Waals surface area (Å²) >= 11 is 0. The summed E-state index contributed by atoms with van der Waals surface area (Å²) < 4.78 is 0. The van der Waals surface area contributed by atoms with Gasteiger partial charge in [-0.25, -0.2) is 0 Å². The van der Waals surface area contributed by atoms with Crippen LogP contribution in [0.5, 0.6) is 0 Å². The van der Waals surface area contributed by atoms with Crippen molar-refractivity contribution in [1.82, 2.24) is 31.9 Å². The first-order valence-electron chi connectivity index (χ1n) is 18.3. The number of hydrogen-bond donors (Lipinski definition) is 11. The highest BCUT2D eigenvalue weighted by molar-refractivity contribution is 5.97. The lowest BCUT2D eigenvalue weighted by molar-refractivity contribution is -0.135. The molecule has 0 fully saturated rings. The molecule has 310 valence electrons. The highest BCUT2D eigenvalue weighted by Gasteiger charge is 2.32. The standard InChI is InChI=1S/C39H51N11O8/c40-21-32(52)45-22-33(53)46-29(19-25-12-6-2-7-13-25)36(56)50-31(23-51)38(58)49-30(20-26-14-8-3-9-15-26)37(57)47-27(16-17-44-39(42)43)35(55)48-28(34(41)54)18-24-10-4-1-5-11-24/h1-15,27-31,51H,16-23,40H2,(H2,41,54)(H,45,52)(H,46,53)(H,47,57)(H,48,55)(H,49,58)(H,50,56)(H4,42,43,44)/t27-,28-,29-,30-,31-/m0/s1. The van der Waals surface area contributed by atoms with E-state index in [9.17, 15) is 38.7 Å². The van der Waals surface area contributed by atoms with Crippen molar-refractivity contribution in [3.63, 3.8) is 0 Å². The molecule has 58 heavy (non-hydrogen) atoms. The Morgan fingerprint density at radius 1 is 0.534 bits per heavy atom. The zero-order chi connectivity index (χ0) is 42.5. The first kappa shape index (κ1) is 45.5. The van der Waals surface area contributed by atoms with Crippen LogP contribution in [0.1, 0.15) is 23.1 Å². The molecule has 0 spiro atoms. The van der Waals surface area contributed by atoms with Crippen LogP contribution in [0, 0.1) is 0 Å². The number of aliphatic imine (C=N–C) groups is 1. The average molecular weight is 802 g/mol. The van der Waals surface area contributed by atoms with Gasteiger partial charge in [-0.15, -0.1) is 0 Å². The van der Waals surface area contributed by atoms with Crippen LogP contribution in [0.25, 0.3) is 0 Å². The summed E-state index contributed by atoms with van der Waals surface area (Å²) in [6, 6.07) is 19.3. The number of aliphatic hydroxyl groups excluding tert-OH is 1. The van der Waals surface area contributed by atoms with Crippen LogP contribution in [0.4, 0.5) is 0 Å². The fraction of sp³-hybridized carbons (Fsp3) is 0.333. The summed E-state index contributed by atoms with van der Waals surface area (Å²) in [6.45, 7) is -1.84. The van der Waals surface area contributed by atoms with E-state index in [1.54, 1.807) is 91.0 Å². The lowest BCUT2D eigenvalue weighted by Gasteiger charge is -2.26. The number of amides is 7. The highest BCUT2D eigenvalue weighted by atomic mass is 16.3. The Balaban J connectivity index is 1.83. The molecule has 0 heterocycles. The van der Waals surface area contributed by atoms with Gasteiger partial charge in [0.2, 0.25) is 41.4 Å². The number of nitrogens with one attached hydrogen (secondary N) is 6. The lowest BCUT2D eigenvalue weighted by atomic mass is 10.0. The van der Waals surface area contributed by atoms with E-state index in [2.05, 4.69) is 36.9 Å². The Bertz CT molecular complexity index is 1860. The molecule has 0 saturated carbocycles. The average Bonchev–Trinajstić information content (AvgIpc) is 3.21. The third-order valence-corrected chi connectivity index (χ3v) is 8.58. The molecular weight excluding hydrogens is 750 g/mol. The third kappa shape index (κ3) is 16.1. The van der Waals surface area contributed by atoms with Gasteiger partial charge in [0.1, 0.15) is 30.2 Å². The number of aliphatic hydroxyl groups is 1. The van der Waals surface area contributed by atoms with E-state index in [1.165, 1.54) is 0 Å². The maximum absolute atomic E-state index is 14.0. The van der Waals surface area contributed by atoms with Gasteiger partial charge >= 0.3 is 0 Å². The molecule has 19 nitrogen and oxygen atoms in total. The molecule has 15 N–H and O–H groups in total. The van der Waals surface area contributed by atoms with Gasteiger partial charge < -0.3 is 59.9 Å². The number of benzene rings is 3. The van der Waals surface area contributed by atoms with E-state index < -0.39 is 84.7 Å². The number of hydrogen-bond acceptors (Lipinski definition) is 10. The Morgan fingerprint density at radius 2 is 0.931 bits per heavy atom. The van der Waals surface area contributed by atoms with Crippen LogP contribution in [0.2, 0.25) is 0 Å². The molecule has 0 aliphatic heterocycles. The SMILES string of the molecule is NCC(=O)NCC(=O)N[C@@H](Cc1ccccc1)C(=O)N[C@@H](CO)C(=O)N[C@@H](Cc1ccccc1)C(=O)N[C@@H](CCN=C(N)N)C(=O)N[C@@H](Cc1ccccc1)C(N)=O. The Morgan fingerprint density at radius 3 is 1.38 bits per heavy atom. The molecule has 0 aliphatic carbocycles. The zero-order valence-corrected chi connectivity index (χ0v) is 31.8. The summed E-state index contributed by atoms with van der Waals surface area (Å²) in [5, 5.41) is 25.3. The van der Waals surface area contributed by atoms with Crippen molar-refractivity contribution in [1.29, 1.82) is 0 Å². The molecule has 0 bridgehead atoms. The Kier molecular flexibility index (Phi) is 18.8. The quantitative estimate of drug-likeness (QED) is 0.0328. The summed E-state index contributed by atoms with van der Waals surface area (Å²) in [6.07, 6.45) is -0.171. The monoisotopic (exact) mass is 801 g/mol. The van der Waals surface area contributed by atoms with Gasteiger partial charge in [-0.2, -0.15) is 0 Å². The predicted molar refractivity (Wildman–Crippen MR) is 214 cm³/mol. The first-order chi connectivity index (χ1) is 27.8. The minimum Gasteiger partial charge on any atom is -0.394 e. The second-order valence-corrected chi connectivity index (χ2v) is 13.1. The van der Waals surface area contributed by atoms with Crippen molar-refractivity contribution in [3.8, 4) is 0 Å². The smallest absolute Gasteiger partial charge is 0.245 e. The van der Waals surface area contributed by atoms with E-state index in [4.69, 9.17) is 22.9 Å². The van der Waals surface area contributed by atoms with Crippen LogP contribution in [-0.4, -0.2) is 109 Å². The largest absolute Gasteiger partial charge is 0.394 e. The molecule has 0 radical (unpaired) electrons. The predicted octanol–water partition coefficient (Wildman–Crippen LogP) is -3.65. The first-order valence-corrected chi connectivity index (χ1v) is 18.3. The fourth-order valence-electron chi connectivity index (χ4n) is 5.56. The van der Waals surface area contributed by atoms with Gasteiger partial charge in [0.05, 0.1) is 19.7 Å². The third-order valence-electron chi connectivity index (χ3n) is 8.58. The number of carbonyl (C=O) groups is 7. The second-order valence-electron chi connectivity index (χ2n) is 13.1. The van der Waals surface area contributed by atoms with Gasteiger partial charge in [-0.05, 0) is 23.1 Å². The molecule has 3 rings (SSSR count). The molecule has 0 aliphatic rings. The van der Waals surface area contributed by atoms with Gasteiger partial charge in [0.15, 0.2) is 5.96 Å². The van der Waals surface area contributed by atoms with Crippen LogP contribution in [-0.2, 0) is 52.8 Å². The van der Waals surface area contributed by atoms with Crippen molar-refractivity contribution in [2.75, 3.05) is 26.2 Å². The zero-order valence-electron chi connectivity index (χ0n) is 31.8. The Hall–Kier alpha value is -6.86. The van der Waals surface area contributed by atoms with E-state index in [-0.39, 0.29) is 44.7 Å². The van der Waals surface area contributed by atoms with E-state index >= 15 is 0 Å². The molecule has 0 aromatic heterocycles. The summed E-state index contributed by atoms with van der Waals surface area (Å²) in [5.41, 5.74) is 23.8. The van der Waals surface area contributed by atoms with Crippen LogP contribution in [0.15, 0.2) is 96.0 Å². The number of rotatable bonds is 23. The Labute approximate surface area is 335 Å². The van der Waals surface area contributed by atoms with Crippen molar-refractivity contribution in [3.05, 3.63) is 108 Å². The van der Waals surface area contributed by atoms with Crippen LogP contribution in [0.3, 0.4) is 0 Å². The van der Waals surface area contributed by atoms with E-state index in [0.29, 0.717) is 16.7 Å². The van der Waals surface area contributed by atoms with E-state index in [1.807, 2.05) is 0 Å². The number of nitrogens with two attached hydrogens (primary N) is 4. The molecule has 5 atom stereocenters. The molecule has 0 saturated heterocycles.